The number of aryl methyl sites for hydroxylation is 1. The molecule has 1 N–H and O–H groups in total. The second kappa shape index (κ2) is 7.44. The Kier molecular flexibility index (Phi) is 5.50. The molecule has 2 heterocycles. The van der Waals surface area contributed by atoms with E-state index in [1.807, 2.05) is 12.1 Å². The number of rotatable bonds is 4. The van der Waals surface area contributed by atoms with Gasteiger partial charge in [-0.15, -0.1) is 11.3 Å². The number of hydrogen-bond donors (Lipinski definition) is 1. The van der Waals surface area contributed by atoms with Crippen molar-refractivity contribution in [1.29, 1.82) is 0 Å². The Hall–Kier alpha value is -1.07. The minimum absolute atomic E-state index is 0.0318. The maximum atomic E-state index is 11.4. The zero-order valence-electron chi connectivity index (χ0n) is 13.3. The highest BCUT2D eigenvalue weighted by Crippen LogP contribution is 2.39. The van der Waals surface area contributed by atoms with Crippen molar-refractivity contribution >= 4 is 40.5 Å². The number of nitrogens with zero attached hydrogens (tertiary/aromatic N) is 1. The van der Waals surface area contributed by atoms with Crippen LogP contribution in [0.5, 0.6) is 0 Å². The molecule has 0 amide bonds. The van der Waals surface area contributed by atoms with Crippen LogP contribution in [0.25, 0.3) is 0 Å². The lowest BCUT2D eigenvalue weighted by Crippen LogP contribution is -2.41. The minimum Gasteiger partial charge on any atom is -0.481 e. The van der Waals surface area contributed by atoms with Gasteiger partial charge in [-0.3, -0.25) is 9.69 Å². The first-order valence-corrected chi connectivity index (χ1v) is 9.51. The molecule has 0 spiro atoms. The molecule has 2 aromatic rings. The Balaban J connectivity index is 2.00. The van der Waals surface area contributed by atoms with E-state index in [0.29, 0.717) is 16.6 Å². The third-order valence-electron chi connectivity index (χ3n) is 4.45. The van der Waals surface area contributed by atoms with E-state index in [1.54, 1.807) is 17.4 Å². The Labute approximate surface area is 155 Å². The third-order valence-corrected chi connectivity index (χ3v) is 6.07. The molecule has 2 unspecified atom stereocenters. The second-order valence-electron chi connectivity index (χ2n) is 6.19. The van der Waals surface area contributed by atoms with Crippen LogP contribution in [0.1, 0.15) is 34.2 Å². The smallest absolute Gasteiger partial charge is 0.307 e. The van der Waals surface area contributed by atoms with Crippen molar-refractivity contribution in [3.05, 3.63) is 55.7 Å². The summed E-state index contributed by atoms with van der Waals surface area (Å²) in [4.78, 5) is 16.1. The Bertz CT molecular complexity index is 746. The van der Waals surface area contributed by atoms with Gasteiger partial charge < -0.3 is 5.11 Å². The molecular weight excluding hydrogens is 365 g/mol. The average Bonchev–Trinajstić information content (AvgIpc) is 2.96. The highest BCUT2D eigenvalue weighted by atomic mass is 35.5. The standard InChI is InChI=1S/C18H19Cl2NO2S/c1-11-4-7-16(24-11)17(14-6-5-13(19)9-15(14)20)21-8-2-3-12(10-21)18(22)23/h4-7,9,12,17H,2-3,8,10H2,1H3,(H,22,23). The monoisotopic (exact) mass is 383 g/mol. The first-order valence-electron chi connectivity index (χ1n) is 7.94. The van der Waals surface area contributed by atoms with E-state index in [9.17, 15) is 9.90 Å². The molecule has 3 rings (SSSR count). The van der Waals surface area contributed by atoms with Crippen molar-refractivity contribution in [2.45, 2.75) is 25.8 Å². The van der Waals surface area contributed by atoms with Gasteiger partial charge in [0.25, 0.3) is 0 Å². The third kappa shape index (κ3) is 3.77. The van der Waals surface area contributed by atoms with Crippen molar-refractivity contribution in [3.8, 4) is 0 Å². The van der Waals surface area contributed by atoms with Gasteiger partial charge in [-0.2, -0.15) is 0 Å². The van der Waals surface area contributed by atoms with Crippen molar-refractivity contribution in [1.82, 2.24) is 4.90 Å². The summed E-state index contributed by atoms with van der Waals surface area (Å²) in [7, 11) is 0. The summed E-state index contributed by atoms with van der Waals surface area (Å²) in [5.41, 5.74) is 0.981. The van der Waals surface area contributed by atoms with Crippen molar-refractivity contribution in [2.75, 3.05) is 13.1 Å². The molecule has 6 heteroatoms. The molecule has 0 saturated carbocycles. The fourth-order valence-corrected chi connectivity index (χ4v) is 4.84. The van der Waals surface area contributed by atoms with Crippen molar-refractivity contribution < 1.29 is 9.90 Å². The van der Waals surface area contributed by atoms with Crippen LogP contribution in [0.15, 0.2) is 30.3 Å². The highest BCUT2D eigenvalue weighted by Gasteiger charge is 2.32. The van der Waals surface area contributed by atoms with E-state index in [2.05, 4.69) is 24.0 Å². The lowest BCUT2D eigenvalue weighted by molar-refractivity contribution is -0.143. The first kappa shape index (κ1) is 17.7. The van der Waals surface area contributed by atoms with E-state index in [0.717, 1.165) is 24.9 Å². The van der Waals surface area contributed by atoms with Gasteiger partial charge in [0.05, 0.1) is 12.0 Å². The van der Waals surface area contributed by atoms with Crippen LogP contribution in [0.2, 0.25) is 10.0 Å². The van der Waals surface area contributed by atoms with Gasteiger partial charge in [0.15, 0.2) is 0 Å². The zero-order chi connectivity index (χ0) is 17.3. The molecule has 128 valence electrons. The number of thiophene rings is 1. The summed E-state index contributed by atoms with van der Waals surface area (Å²) >= 11 is 14.3. The maximum Gasteiger partial charge on any atom is 0.307 e. The SMILES string of the molecule is Cc1ccc(C(c2ccc(Cl)cc2Cl)N2CCCC(C(=O)O)C2)s1. The number of carbonyl (C=O) groups is 1. The van der Waals surface area contributed by atoms with Crippen LogP contribution in [0.3, 0.4) is 0 Å². The summed E-state index contributed by atoms with van der Waals surface area (Å²) in [6, 6.07) is 9.72. The van der Waals surface area contributed by atoms with Crippen LogP contribution in [0.4, 0.5) is 0 Å². The number of piperidine rings is 1. The number of benzene rings is 1. The summed E-state index contributed by atoms with van der Waals surface area (Å²) in [5, 5.41) is 10.6. The van der Waals surface area contributed by atoms with Crippen LogP contribution in [-0.4, -0.2) is 29.1 Å². The molecule has 0 aliphatic carbocycles. The summed E-state index contributed by atoms with van der Waals surface area (Å²) in [6.07, 6.45) is 1.61. The molecule has 1 aromatic carbocycles. The van der Waals surface area contributed by atoms with Gasteiger partial charge in [-0.1, -0.05) is 29.3 Å². The van der Waals surface area contributed by atoms with Crippen LogP contribution < -0.4 is 0 Å². The quantitative estimate of drug-likeness (QED) is 0.783. The van der Waals surface area contributed by atoms with E-state index < -0.39 is 5.97 Å². The second-order valence-corrected chi connectivity index (χ2v) is 8.35. The molecule has 1 aromatic heterocycles. The van der Waals surface area contributed by atoms with E-state index in [4.69, 9.17) is 23.2 Å². The molecular formula is C18H19Cl2NO2S. The number of halogens is 2. The normalized spacial score (nSPS) is 20.0. The number of aliphatic carboxylic acids is 1. The minimum atomic E-state index is -0.719. The van der Waals surface area contributed by atoms with E-state index in [-0.39, 0.29) is 12.0 Å². The lowest BCUT2D eigenvalue weighted by atomic mass is 9.94. The topological polar surface area (TPSA) is 40.5 Å². The van der Waals surface area contributed by atoms with Gasteiger partial charge in [-0.25, -0.2) is 0 Å². The van der Waals surface area contributed by atoms with E-state index in [1.165, 1.54) is 9.75 Å². The molecule has 3 nitrogen and oxygen atoms in total. The highest BCUT2D eigenvalue weighted by molar-refractivity contribution is 7.12. The van der Waals surface area contributed by atoms with Gasteiger partial charge in [-0.05, 0) is 56.1 Å². The first-order chi connectivity index (χ1) is 11.5. The molecule has 1 saturated heterocycles. The van der Waals surface area contributed by atoms with Crippen LogP contribution in [-0.2, 0) is 4.79 Å². The summed E-state index contributed by atoms with van der Waals surface area (Å²) in [6.45, 7) is 3.48. The molecule has 1 aliphatic rings. The van der Waals surface area contributed by atoms with Crippen molar-refractivity contribution in [2.24, 2.45) is 5.92 Å². The fourth-order valence-electron chi connectivity index (χ4n) is 3.30. The fraction of sp³-hybridized carbons (Fsp3) is 0.389. The van der Waals surface area contributed by atoms with Gasteiger partial charge in [0, 0.05) is 26.3 Å². The molecule has 0 radical (unpaired) electrons. The van der Waals surface area contributed by atoms with Crippen LogP contribution >= 0.6 is 34.5 Å². The Morgan fingerprint density at radius 1 is 1.33 bits per heavy atom. The number of hydrogen-bond acceptors (Lipinski definition) is 3. The van der Waals surface area contributed by atoms with E-state index >= 15 is 0 Å². The number of carboxylic acid groups (broad SMARTS) is 1. The number of likely N-dealkylation sites (tertiary alicyclic amines) is 1. The lowest BCUT2D eigenvalue weighted by Gasteiger charge is -2.37. The molecule has 24 heavy (non-hydrogen) atoms. The Morgan fingerprint density at radius 2 is 2.12 bits per heavy atom. The Morgan fingerprint density at radius 3 is 2.75 bits per heavy atom. The zero-order valence-corrected chi connectivity index (χ0v) is 15.7. The maximum absolute atomic E-state index is 11.4. The summed E-state index contributed by atoms with van der Waals surface area (Å²) in [5.74, 6) is -1.05. The molecule has 0 bridgehead atoms. The molecule has 1 fully saturated rings. The largest absolute Gasteiger partial charge is 0.481 e. The average molecular weight is 384 g/mol. The molecule has 1 aliphatic heterocycles. The van der Waals surface area contributed by atoms with Crippen molar-refractivity contribution in [3.63, 3.8) is 0 Å². The molecule has 2 atom stereocenters. The summed E-state index contributed by atoms with van der Waals surface area (Å²) < 4.78 is 0. The number of carboxylic acids is 1. The van der Waals surface area contributed by atoms with Gasteiger partial charge in [0.1, 0.15) is 0 Å². The van der Waals surface area contributed by atoms with Gasteiger partial charge in [0.2, 0.25) is 0 Å². The predicted octanol–water partition coefficient (Wildman–Crippen LogP) is 5.25. The van der Waals surface area contributed by atoms with Gasteiger partial charge >= 0.3 is 5.97 Å². The predicted molar refractivity (Wildman–Crippen MR) is 99.3 cm³/mol. The van der Waals surface area contributed by atoms with Crippen LogP contribution in [0, 0.1) is 12.8 Å².